The van der Waals surface area contributed by atoms with Crippen molar-refractivity contribution >= 4 is 38.4 Å². The van der Waals surface area contributed by atoms with E-state index in [-0.39, 0.29) is 17.7 Å². The van der Waals surface area contributed by atoms with Crippen molar-refractivity contribution in [3.05, 3.63) is 46.4 Å². The van der Waals surface area contributed by atoms with Crippen molar-refractivity contribution in [1.29, 1.82) is 0 Å². The number of azo groups is 1. The summed E-state index contributed by atoms with van der Waals surface area (Å²) in [6.45, 7) is 8.67. The van der Waals surface area contributed by atoms with E-state index in [1.54, 1.807) is 32.4 Å². The van der Waals surface area contributed by atoms with Crippen LogP contribution >= 0.6 is 15.9 Å². The van der Waals surface area contributed by atoms with Gasteiger partial charge in [-0.2, -0.15) is 0 Å². The van der Waals surface area contributed by atoms with Crippen LogP contribution in [0.2, 0.25) is 0 Å². The molecule has 1 aliphatic heterocycles. The maximum absolute atomic E-state index is 12.7. The van der Waals surface area contributed by atoms with Crippen molar-refractivity contribution in [2.45, 2.75) is 59.2 Å². The molecule has 1 aromatic heterocycles. The third-order valence-electron chi connectivity index (χ3n) is 7.88. The number of methoxy groups -OCH3 is 2. The van der Waals surface area contributed by atoms with E-state index in [2.05, 4.69) is 51.8 Å². The molecule has 2 heterocycles. The zero-order valence-corrected chi connectivity index (χ0v) is 24.2. The highest BCUT2D eigenvalue weighted by Crippen LogP contribution is 2.53. The van der Waals surface area contributed by atoms with Crippen LogP contribution in [0.5, 0.6) is 17.4 Å². The average molecular weight is 584 g/mol. The Morgan fingerprint density at radius 3 is 2.61 bits per heavy atom. The van der Waals surface area contributed by atoms with E-state index in [0.29, 0.717) is 35.3 Å². The Hall–Kier alpha value is -2.91. The number of nitrogens with zero attached hydrogens (tertiary/aromatic N) is 4. The summed E-state index contributed by atoms with van der Waals surface area (Å²) in [6.07, 6.45) is 3.58. The maximum atomic E-state index is 12.7. The van der Waals surface area contributed by atoms with Crippen LogP contribution < -0.4 is 9.47 Å². The Morgan fingerprint density at radius 1 is 1.11 bits per heavy atom. The van der Waals surface area contributed by atoms with Gasteiger partial charge >= 0.3 is 0 Å². The molecule has 8 nitrogen and oxygen atoms in total. The molecule has 1 saturated heterocycles. The van der Waals surface area contributed by atoms with Gasteiger partial charge in [-0.3, -0.25) is 14.3 Å². The number of carbonyl (C=O) groups is 1. The summed E-state index contributed by atoms with van der Waals surface area (Å²) in [4.78, 5) is 15.2. The van der Waals surface area contributed by atoms with Gasteiger partial charge in [-0.1, -0.05) is 42.8 Å². The first kappa shape index (κ1) is 26.7. The topological polar surface area (TPSA) is 88.7 Å². The fourth-order valence-corrected chi connectivity index (χ4v) is 7.13. The average Bonchev–Trinajstić information content (AvgIpc) is 3.24. The lowest BCUT2D eigenvalue weighted by Crippen LogP contribution is -2.35. The van der Waals surface area contributed by atoms with Crippen molar-refractivity contribution in [1.82, 2.24) is 9.47 Å². The van der Waals surface area contributed by atoms with Crippen LogP contribution in [0, 0.1) is 10.8 Å². The van der Waals surface area contributed by atoms with Crippen LogP contribution in [0.15, 0.2) is 51.1 Å². The number of hydrogen-bond acceptors (Lipinski definition) is 6. The van der Waals surface area contributed by atoms with Crippen LogP contribution in [0.1, 0.15) is 45.6 Å². The number of benzene rings is 2. The fraction of sp³-hybridized carbons (Fsp3) is 0.483. The molecule has 1 aliphatic carbocycles. The first-order valence-electron chi connectivity index (χ1n) is 12.9. The summed E-state index contributed by atoms with van der Waals surface area (Å²) < 4.78 is 13.4. The molecular formula is C29H35BrN4O4. The fourth-order valence-electron chi connectivity index (χ4n) is 6.77. The smallest absolute Gasteiger partial charge is 0.269 e. The lowest BCUT2D eigenvalue weighted by molar-refractivity contribution is -0.117. The zero-order chi connectivity index (χ0) is 27.2. The minimum absolute atomic E-state index is 0.0200. The molecular weight excluding hydrogens is 548 g/mol. The summed E-state index contributed by atoms with van der Waals surface area (Å²) >= 11 is 3.53. The van der Waals surface area contributed by atoms with Gasteiger partial charge in [-0.25, -0.2) is 0 Å². The standard InChI is InChI=1S/C29H35BrN4O4/c1-28(2)13-20-14-29(3,15-28)16-33(20)17-34-22-8-7-19(30)12-21(22)26(27(34)36)32-31-25(35)11-18-6-9-23(37-4)24(10-18)38-5/h6-10,12,20,36H,11,13-17H2,1-5H3/t20-,29-/m0/s1. The number of likely N-dealkylation sites (tertiary alicyclic amines) is 1. The molecule has 1 saturated carbocycles. The Labute approximate surface area is 231 Å². The number of fused-ring (bicyclic) bond motifs is 3. The lowest BCUT2D eigenvalue weighted by atomic mass is 9.65. The van der Waals surface area contributed by atoms with Crippen molar-refractivity contribution in [3.8, 4) is 17.4 Å². The largest absolute Gasteiger partial charge is 0.493 e. The van der Waals surface area contributed by atoms with E-state index < -0.39 is 5.91 Å². The molecule has 202 valence electrons. The number of ether oxygens (including phenoxy) is 2. The molecule has 3 aromatic rings. The minimum atomic E-state index is -0.420. The van der Waals surface area contributed by atoms with Gasteiger partial charge in [0.2, 0.25) is 5.88 Å². The van der Waals surface area contributed by atoms with Gasteiger partial charge < -0.3 is 14.6 Å². The van der Waals surface area contributed by atoms with E-state index in [1.165, 1.54) is 12.8 Å². The summed E-state index contributed by atoms with van der Waals surface area (Å²) in [6, 6.07) is 11.6. The zero-order valence-electron chi connectivity index (χ0n) is 22.6. The Kier molecular flexibility index (Phi) is 7.02. The molecule has 38 heavy (non-hydrogen) atoms. The molecule has 2 aromatic carbocycles. The van der Waals surface area contributed by atoms with Gasteiger partial charge in [0.15, 0.2) is 17.2 Å². The molecule has 2 atom stereocenters. The van der Waals surface area contributed by atoms with Crippen LogP contribution in [0.4, 0.5) is 5.69 Å². The number of rotatable bonds is 7. The highest BCUT2D eigenvalue weighted by atomic mass is 79.9. The molecule has 0 radical (unpaired) electrons. The van der Waals surface area contributed by atoms with Crippen molar-refractivity contribution in [3.63, 3.8) is 0 Å². The monoisotopic (exact) mass is 582 g/mol. The number of halogens is 1. The van der Waals surface area contributed by atoms with Crippen LogP contribution in [0.25, 0.3) is 10.9 Å². The van der Waals surface area contributed by atoms with Crippen molar-refractivity contribution in [2.24, 2.45) is 21.1 Å². The number of amides is 1. The summed E-state index contributed by atoms with van der Waals surface area (Å²) in [5.41, 5.74) is 2.49. The van der Waals surface area contributed by atoms with E-state index in [1.807, 2.05) is 22.8 Å². The van der Waals surface area contributed by atoms with Gasteiger partial charge in [0.25, 0.3) is 5.91 Å². The molecule has 0 unspecified atom stereocenters. The summed E-state index contributed by atoms with van der Waals surface area (Å²) in [7, 11) is 3.12. The maximum Gasteiger partial charge on any atom is 0.269 e. The third-order valence-corrected chi connectivity index (χ3v) is 8.38. The van der Waals surface area contributed by atoms with Gasteiger partial charge in [-0.15, -0.1) is 10.2 Å². The van der Waals surface area contributed by atoms with E-state index in [4.69, 9.17) is 9.47 Å². The number of aromatic nitrogens is 1. The third kappa shape index (κ3) is 5.18. The molecule has 9 heteroatoms. The van der Waals surface area contributed by atoms with Gasteiger partial charge in [0.1, 0.15) is 0 Å². The second-order valence-corrected chi connectivity index (χ2v) is 12.7. The molecule has 2 aliphatic rings. The highest BCUT2D eigenvalue weighted by Gasteiger charge is 2.49. The van der Waals surface area contributed by atoms with Crippen LogP contribution in [0.3, 0.4) is 0 Å². The Morgan fingerprint density at radius 2 is 1.87 bits per heavy atom. The van der Waals surface area contributed by atoms with Crippen molar-refractivity contribution in [2.75, 3.05) is 20.8 Å². The SMILES string of the molecule is COc1ccc(CC(=O)N=Nc2c(O)n(CN3C[C@@]4(C)C[C@@H]3CC(C)(C)C4)c3ccc(Br)cc23)cc1OC. The molecule has 2 bridgehead atoms. The predicted molar refractivity (Wildman–Crippen MR) is 150 cm³/mol. The lowest BCUT2D eigenvalue weighted by Gasteiger charge is -2.40. The second kappa shape index (κ2) is 10.0. The number of aromatic hydroxyl groups is 1. The van der Waals surface area contributed by atoms with E-state index >= 15 is 0 Å². The molecule has 1 amide bonds. The van der Waals surface area contributed by atoms with Crippen LogP contribution in [-0.2, 0) is 17.9 Å². The normalized spacial score (nSPS) is 22.8. The first-order valence-corrected chi connectivity index (χ1v) is 13.7. The summed E-state index contributed by atoms with van der Waals surface area (Å²) in [5.74, 6) is 0.736. The molecule has 0 spiro atoms. The predicted octanol–water partition coefficient (Wildman–Crippen LogP) is 6.84. The van der Waals surface area contributed by atoms with Crippen molar-refractivity contribution < 1.29 is 19.4 Å². The number of carbonyl (C=O) groups excluding carboxylic acids is 1. The van der Waals surface area contributed by atoms with Gasteiger partial charge in [0.05, 0.1) is 32.8 Å². The molecule has 1 N–H and O–H groups in total. The number of hydrogen-bond donors (Lipinski definition) is 1. The highest BCUT2D eigenvalue weighted by molar-refractivity contribution is 9.10. The Bertz CT molecular complexity index is 1420. The summed E-state index contributed by atoms with van der Waals surface area (Å²) in [5, 5.41) is 20.3. The van der Waals surface area contributed by atoms with Crippen LogP contribution in [-0.4, -0.2) is 47.3 Å². The second-order valence-electron chi connectivity index (χ2n) is 11.8. The van der Waals surface area contributed by atoms with Gasteiger partial charge in [0, 0.05) is 22.4 Å². The quantitative estimate of drug-likeness (QED) is 0.308. The van der Waals surface area contributed by atoms with E-state index in [0.717, 1.165) is 33.9 Å². The minimum Gasteiger partial charge on any atom is -0.493 e. The van der Waals surface area contributed by atoms with Gasteiger partial charge in [-0.05, 0) is 66.0 Å². The first-order chi connectivity index (χ1) is 18.0. The molecule has 5 rings (SSSR count). The van der Waals surface area contributed by atoms with E-state index in [9.17, 15) is 9.90 Å². The Balaban J connectivity index is 1.41. The molecule has 2 fully saturated rings.